The zero-order valence-electron chi connectivity index (χ0n) is 21.5. The summed E-state index contributed by atoms with van der Waals surface area (Å²) >= 11 is 0. The van der Waals surface area contributed by atoms with E-state index in [1.165, 1.54) is 0 Å². The minimum absolute atomic E-state index is 0.0670. The Labute approximate surface area is 213 Å². The standard InChI is InChI=1S/C30H35N3O3/c1-21(22-9-6-5-7-10-22)33(30(35)24-13-16-27(36-4)17-14-24)20-25-19-26(15-18-28(25)32(2)3)31-29(34)23-11-8-12-23/h5-7,9-10,13-19,21,23H,8,11-12,20H2,1-4H3,(H,31,34)/t21-/m0/s1. The Bertz CT molecular complexity index is 1190. The lowest BCUT2D eigenvalue weighted by Gasteiger charge is -2.32. The van der Waals surface area contributed by atoms with Gasteiger partial charge in [-0.3, -0.25) is 9.59 Å². The molecule has 1 atom stereocenters. The maximum Gasteiger partial charge on any atom is 0.254 e. The van der Waals surface area contributed by atoms with Crippen molar-refractivity contribution in [2.45, 2.75) is 38.8 Å². The average Bonchev–Trinajstić information content (AvgIpc) is 2.86. The summed E-state index contributed by atoms with van der Waals surface area (Å²) in [5.41, 5.74) is 4.39. The molecule has 3 aromatic carbocycles. The van der Waals surface area contributed by atoms with Gasteiger partial charge in [-0.2, -0.15) is 0 Å². The van der Waals surface area contributed by atoms with Crippen LogP contribution in [-0.4, -0.2) is 37.9 Å². The van der Waals surface area contributed by atoms with Gasteiger partial charge in [0.05, 0.1) is 13.2 Å². The number of hydrogen-bond acceptors (Lipinski definition) is 4. The van der Waals surface area contributed by atoms with Gasteiger partial charge in [-0.05, 0) is 73.4 Å². The Morgan fingerprint density at radius 3 is 2.28 bits per heavy atom. The van der Waals surface area contributed by atoms with Gasteiger partial charge in [0.25, 0.3) is 5.91 Å². The smallest absolute Gasteiger partial charge is 0.254 e. The van der Waals surface area contributed by atoms with Crippen molar-refractivity contribution >= 4 is 23.2 Å². The molecule has 3 aromatic rings. The molecule has 188 valence electrons. The third kappa shape index (κ3) is 5.70. The number of nitrogens with one attached hydrogen (secondary N) is 1. The summed E-state index contributed by atoms with van der Waals surface area (Å²) in [7, 11) is 5.59. The van der Waals surface area contributed by atoms with Crippen LogP contribution in [-0.2, 0) is 11.3 Å². The summed E-state index contributed by atoms with van der Waals surface area (Å²) in [5.74, 6) is 0.823. The van der Waals surface area contributed by atoms with Gasteiger partial charge in [0.2, 0.25) is 5.91 Å². The molecule has 36 heavy (non-hydrogen) atoms. The van der Waals surface area contributed by atoms with Crippen LogP contribution in [0.4, 0.5) is 11.4 Å². The largest absolute Gasteiger partial charge is 0.497 e. The second kappa shape index (κ2) is 11.3. The highest BCUT2D eigenvalue weighted by molar-refractivity contribution is 5.95. The van der Waals surface area contributed by atoms with Crippen LogP contribution in [0.25, 0.3) is 0 Å². The molecule has 1 aliphatic carbocycles. The van der Waals surface area contributed by atoms with Crippen molar-refractivity contribution in [2.75, 3.05) is 31.4 Å². The van der Waals surface area contributed by atoms with Gasteiger partial charge in [-0.15, -0.1) is 0 Å². The van der Waals surface area contributed by atoms with Crippen LogP contribution in [0.3, 0.4) is 0 Å². The number of carbonyl (C=O) groups is 2. The molecule has 6 nitrogen and oxygen atoms in total. The number of carbonyl (C=O) groups excluding carboxylic acids is 2. The molecule has 1 N–H and O–H groups in total. The predicted octanol–water partition coefficient (Wildman–Crippen LogP) is 5.90. The molecule has 0 unspecified atom stereocenters. The first-order valence-corrected chi connectivity index (χ1v) is 12.5. The third-order valence-corrected chi connectivity index (χ3v) is 6.99. The maximum absolute atomic E-state index is 13.8. The number of anilines is 2. The zero-order chi connectivity index (χ0) is 25.7. The second-order valence-electron chi connectivity index (χ2n) is 9.60. The SMILES string of the molecule is COc1ccc(C(=O)N(Cc2cc(NC(=O)C3CCC3)ccc2N(C)C)[C@@H](C)c2ccccc2)cc1. The van der Waals surface area contributed by atoms with E-state index in [0.717, 1.165) is 41.8 Å². The molecule has 0 radical (unpaired) electrons. The molecule has 6 heteroatoms. The first-order valence-electron chi connectivity index (χ1n) is 12.5. The van der Waals surface area contributed by atoms with Crippen molar-refractivity contribution in [3.8, 4) is 5.75 Å². The molecule has 4 rings (SSSR count). The lowest BCUT2D eigenvalue weighted by atomic mass is 9.85. The van der Waals surface area contributed by atoms with E-state index in [2.05, 4.69) is 5.32 Å². The van der Waals surface area contributed by atoms with Crippen LogP contribution in [0.2, 0.25) is 0 Å². The summed E-state index contributed by atoms with van der Waals surface area (Å²) in [5, 5.41) is 3.08. The van der Waals surface area contributed by atoms with Crippen LogP contribution < -0.4 is 15.0 Å². The van der Waals surface area contributed by atoms with E-state index >= 15 is 0 Å². The number of hydrogen-bond donors (Lipinski definition) is 1. The molecule has 0 bridgehead atoms. The number of nitrogens with zero attached hydrogens (tertiary/aromatic N) is 2. The molecule has 0 aromatic heterocycles. The Hall–Kier alpha value is -3.80. The molecule has 0 saturated heterocycles. The Kier molecular flexibility index (Phi) is 7.93. The number of amides is 2. The molecule has 1 saturated carbocycles. The molecule has 1 fully saturated rings. The van der Waals surface area contributed by atoms with E-state index in [0.29, 0.717) is 17.9 Å². The van der Waals surface area contributed by atoms with Crippen LogP contribution in [0.15, 0.2) is 72.8 Å². The fraction of sp³-hybridized carbons (Fsp3) is 0.333. The van der Waals surface area contributed by atoms with Gasteiger partial charge < -0.3 is 19.9 Å². The second-order valence-corrected chi connectivity index (χ2v) is 9.60. The fourth-order valence-corrected chi connectivity index (χ4v) is 4.52. The van der Waals surface area contributed by atoms with Crippen molar-refractivity contribution in [2.24, 2.45) is 5.92 Å². The number of ether oxygens (including phenoxy) is 1. The number of methoxy groups -OCH3 is 1. The lowest BCUT2D eigenvalue weighted by molar-refractivity contribution is -0.122. The van der Waals surface area contributed by atoms with E-state index in [1.54, 1.807) is 31.4 Å². The minimum Gasteiger partial charge on any atom is -0.497 e. The Morgan fingerprint density at radius 2 is 1.69 bits per heavy atom. The van der Waals surface area contributed by atoms with Crippen molar-refractivity contribution in [3.63, 3.8) is 0 Å². The number of benzene rings is 3. The minimum atomic E-state index is -0.163. The first-order chi connectivity index (χ1) is 17.4. The van der Waals surface area contributed by atoms with Crippen molar-refractivity contribution in [1.82, 2.24) is 4.90 Å². The summed E-state index contributed by atoms with van der Waals surface area (Å²) in [4.78, 5) is 30.4. The van der Waals surface area contributed by atoms with Gasteiger partial charge >= 0.3 is 0 Å². The van der Waals surface area contributed by atoms with Crippen LogP contribution in [0.5, 0.6) is 5.75 Å². The van der Waals surface area contributed by atoms with Gasteiger partial charge in [-0.1, -0.05) is 36.8 Å². The summed E-state index contributed by atoms with van der Waals surface area (Å²) < 4.78 is 5.27. The summed E-state index contributed by atoms with van der Waals surface area (Å²) in [6.45, 7) is 2.44. The molecule has 0 heterocycles. The van der Waals surface area contributed by atoms with Crippen molar-refractivity contribution < 1.29 is 14.3 Å². The van der Waals surface area contributed by atoms with Crippen LogP contribution in [0.1, 0.15) is 53.7 Å². The van der Waals surface area contributed by atoms with E-state index < -0.39 is 0 Å². The molecule has 0 aliphatic heterocycles. The molecular formula is C30H35N3O3. The Morgan fingerprint density at radius 1 is 1.00 bits per heavy atom. The maximum atomic E-state index is 13.8. The van der Waals surface area contributed by atoms with Gasteiger partial charge in [0, 0.05) is 43.5 Å². The third-order valence-electron chi connectivity index (χ3n) is 6.99. The summed E-state index contributed by atoms with van der Waals surface area (Å²) in [6.07, 6.45) is 3.02. The fourth-order valence-electron chi connectivity index (χ4n) is 4.52. The highest BCUT2D eigenvalue weighted by atomic mass is 16.5. The molecule has 2 amide bonds. The van der Waals surface area contributed by atoms with E-state index in [1.807, 2.05) is 79.3 Å². The Balaban J connectivity index is 1.68. The topological polar surface area (TPSA) is 61.9 Å². The lowest BCUT2D eigenvalue weighted by Crippen LogP contribution is -2.34. The van der Waals surface area contributed by atoms with Crippen LogP contribution in [0, 0.1) is 5.92 Å². The first kappa shape index (κ1) is 25.3. The van der Waals surface area contributed by atoms with Crippen LogP contribution >= 0.6 is 0 Å². The monoisotopic (exact) mass is 485 g/mol. The molecule has 1 aliphatic rings. The highest BCUT2D eigenvalue weighted by Gasteiger charge is 2.27. The van der Waals surface area contributed by atoms with E-state index in [-0.39, 0.29) is 23.8 Å². The van der Waals surface area contributed by atoms with Crippen molar-refractivity contribution in [3.05, 3.63) is 89.5 Å². The predicted molar refractivity (Wildman–Crippen MR) is 144 cm³/mol. The molecular weight excluding hydrogens is 450 g/mol. The van der Waals surface area contributed by atoms with Crippen molar-refractivity contribution in [1.29, 1.82) is 0 Å². The zero-order valence-corrected chi connectivity index (χ0v) is 21.5. The number of rotatable bonds is 9. The normalized spacial score (nSPS) is 13.9. The van der Waals surface area contributed by atoms with E-state index in [4.69, 9.17) is 4.74 Å². The molecule has 0 spiro atoms. The van der Waals surface area contributed by atoms with Gasteiger partial charge in [-0.25, -0.2) is 0 Å². The van der Waals surface area contributed by atoms with Gasteiger partial charge in [0.1, 0.15) is 5.75 Å². The average molecular weight is 486 g/mol. The van der Waals surface area contributed by atoms with Gasteiger partial charge in [0.15, 0.2) is 0 Å². The van der Waals surface area contributed by atoms with E-state index in [9.17, 15) is 9.59 Å². The highest BCUT2D eigenvalue weighted by Crippen LogP contribution is 2.32. The summed E-state index contributed by atoms with van der Waals surface area (Å²) in [6, 6.07) is 23.0. The quantitative estimate of drug-likeness (QED) is 0.410.